The first kappa shape index (κ1) is 21.9. The molecule has 2 aromatic heterocycles. The molecule has 7 nitrogen and oxygen atoms in total. The van der Waals surface area contributed by atoms with Crippen LogP contribution in [0.5, 0.6) is 5.75 Å². The third-order valence-electron chi connectivity index (χ3n) is 4.71. The van der Waals surface area contributed by atoms with Crippen LogP contribution in [0.25, 0.3) is 21.3 Å². The number of thiazole rings is 1. The zero-order valence-corrected chi connectivity index (χ0v) is 18.3. The minimum Gasteiger partial charge on any atom is -0.489 e. The van der Waals surface area contributed by atoms with Gasteiger partial charge in [0.05, 0.1) is 17.9 Å². The lowest BCUT2D eigenvalue weighted by molar-refractivity contribution is 0.0950. The van der Waals surface area contributed by atoms with Crippen LogP contribution in [0.3, 0.4) is 0 Å². The number of hydrogen-bond donors (Lipinski definition) is 2. The Balaban J connectivity index is 1.58. The van der Waals surface area contributed by atoms with Crippen LogP contribution in [0, 0.1) is 0 Å². The summed E-state index contributed by atoms with van der Waals surface area (Å²) in [5, 5.41) is 3.33. The minimum absolute atomic E-state index is 0.210. The molecule has 0 radical (unpaired) electrons. The lowest BCUT2D eigenvalue weighted by atomic mass is 10.1. The van der Waals surface area contributed by atoms with Gasteiger partial charge in [0, 0.05) is 25.5 Å². The van der Waals surface area contributed by atoms with Crippen molar-refractivity contribution in [3.05, 3.63) is 77.6 Å². The van der Waals surface area contributed by atoms with Crippen LogP contribution >= 0.6 is 11.3 Å². The fourth-order valence-corrected chi connectivity index (χ4v) is 4.11. The van der Waals surface area contributed by atoms with Gasteiger partial charge in [-0.3, -0.25) is 9.78 Å². The van der Waals surface area contributed by atoms with E-state index in [9.17, 15) is 4.79 Å². The third kappa shape index (κ3) is 5.47. The Labute approximate surface area is 190 Å². The van der Waals surface area contributed by atoms with Crippen LogP contribution in [-0.2, 0) is 11.3 Å². The van der Waals surface area contributed by atoms with Gasteiger partial charge < -0.3 is 20.5 Å². The quantitative estimate of drug-likeness (QED) is 0.359. The molecule has 0 aliphatic carbocycles. The molecule has 0 bridgehead atoms. The van der Waals surface area contributed by atoms with Crippen molar-refractivity contribution in [2.45, 2.75) is 6.54 Å². The summed E-state index contributed by atoms with van der Waals surface area (Å²) in [7, 11) is 0. The smallest absolute Gasteiger partial charge is 0.280 e. The normalized spacial score (nSPS) is 10.9. The highest BCUT2D eigenvalue weighted by molar-refractivity contribution is 7.20. The maximum absolute atomic E-state index is 12.7. The molecule has 0 aliphatic heterocycles. The number of benzene rings is 2. The second kappa shape index (κ2) is 10.8. The van der Waals surface area contributed by atoms with Crippen LogP contribution in [0.15, 0.2) is 67.0 Å². The lowest BCUT2D eigenvalue weighted by Gasteiger charge is -2.10. The van der Waals surface area contributed by atoms with Crippen molar-refractivity contribution in [1.82, 2.24) is 15.3 Å². The first-order valence-corrected chi connectivity index (χ1v) is 11.1. The summed E-state index contributed by atoms with van der Waals surface area (Å²) in [4.78, 5) is 21.4. The molecule has 4 rings (SSSR count). The molecule has 0 aliphatic rings. The topological polar surface area (TPSA) is 99.4 Å². The Hall–Kier alpha value is -3.33. The molecule has 2 heterocycles. The number of pyridine rings is 1. The maximum Gasteiger partial charge on any atom is 0.280 e. The fourth-order valence-electron chi connectivity index (χ4n) is 3.17. The van der Waals surface area contributed by atoms with Crippen LogP contribution in [0.2, 0.25) is 0 Å². The molecule has 8 heteroatoms. The van der Waals surface area contributed by atoms with Gasteiger partial charge in [-0.1, -0.05) is 30.3 Å². The third-order valence-corrected chi connectivity index (χ3v) is 5.71. The number of fused-ring (bicyclic) bond motifs is 1. The summed E-state index contributed by atoms with van der Waals surface area (Å²) in [6, 6.07) is 17.6. The summed E-state index contributed by atoms with van der Waals surface area (Å²) in [5.74, 6) is 0.404. The number of ether oxygens (including phenoxy) is 2. The zero-order valence-electron chi connectivity index (χ0n) is 17.5. The Morgan fingerprint density at radius 1 is 1.00 bits per heavy atom. The van der Waals surface area contributed by atoms with E-state index >= 15 is 0 Å². The van der Waals surface area contributed by atoms with Gasteiger partial charge in [-0.15, -0.1) is 11.3 Å². The van der Waals surface area contributed by atoms with E-state index in [0.29, 0.717) is 49.2 Å². The number of aromatic nitrogens is 2. The highest BCUT2D eigenvalue weighted by Crippen LogP contribution is 2.35. The van der Waals surface area contributed by atoms with Crippen molar-refractivity contribution in [2.24, 2.45) is 5.73 Å². The van der Waals surface area contributed by atoms with Gasteiger partial charge in [-0.05, 0) is 41.0 Å². The van der Waals surface area contributed by atoms with E-state index in [2.05, 4.69) is 15.3 Å². The number of nitrogens with one attached hydrogen (secondary N) is 1. The van der Waals surface area contributed by atoms with Gasteiger partial charge in [0.15, 0.2) is 5.01 Å². The Morgan fingerprint density at radius 3 is 2.59 bits per heavy atom. The molecule has 0 spiro atoms. The van der Waals surface area contributed by atoms with E-state index in [1.807, 2.05) is 54.6 Å². The van der Waals surface area contributed by atoms with Crippen LogP contribution < -0.4 is 15.8 Å². The van der Waals surface area contributed by atoms with Crippen molar-refractivity contribution < 1.29 is 14.3 Å². The fraction of sp³-hybridized carbons (Fsp3) is 0.208. The van der Waals surface area contributed by atoms with E-state index in [1.165, 1.54) is 11.3 Å². The molecule has 3 N–H and O–H groups in total. The Morgan fingerprint density at radius 2 is 1.81 bits per heavy atom. The van der Waals surface area contributed by atoms with E-state index in [-0.39, 0.29) is 5.91 Å². The predicted molar refractivity (Wildman–Crippen MR) is 126 cm³/mol. The van der Waals surface area contributed by atoms with Crippen molar-refractivity contribution in [1.29, 1.82) is 0 Å². The van der Waals surface area contributed by atoms with Gasteiger partial charge >= 0.3 is 0 Å². The molecule has 0 saturated carbocycles. The lowest BCUT2D eigenvalue weighted by Crippen LogP contribution is -2.22. The molecule has 2 aromatic carbocycles. The molecule has 1 amide bonds. The Bertz CT molecular complexity index is 1170. The largest absolute Gasteiger partial charge is 0.489 e. The van der Waals surface area contributed by atoms with Crippen LogP contribution in [0.1, 0.15) is 15.4 Å². The van der Waals surface area contributed by atoms with E-state index in [4.69, 9.17) is 15.2 Å². The van der Waals surface area contributed by atoms with Crippen molar-refractivity contribution >= 4 is 27.5 Å². The number of carbonyl (C=O) groups is 1. The summed E-state index contributed by atoms with van der Waals surface area (Å²) >= 11 is 1.34. The molecule has 4 aromatic rings. The minimum atomic E-state index is -0.210. The number of carbonyl (C=O) groups excluding carboxylic acids is 1. The standard InChI is InChI=1S/C24H24N4O3S/c25-8-11-30-12-13-31-20-14-19(18-6-9-26-10-7-18)15-21-22(20)28-24(32-21)23(29)27-16-17-4-2-1-3-5-17/h1-7,9-10,14-15H,8,11-13,16,25H2,(H,27,29). The molecule has 0 atom stereocenters. The molecule has 0 saturated heterocycles. The number of nitrogens with two attached hydrogens (primary N) is 1. The first-order valence-electron chi connectivity index (χ1n) is 10.3. The maximum atomic E-state index is 12.7. The van der Waals surface area contributed by atoms with Gasteiger partial charge in [0.25, 0.3) is 5.91 Å². The van der Waals surface area contributed by atoms with E-state index in [0.717, 1.165) is 21.4 Å². The highest BCUT2D eigenvalue weighted by atomic mass is 32.1. The Kier molecular flexibility index (Phi) is 7.39. The van der Waals surface area contributed by atoms with Crippen LogP contribution in [0.4, 0.5) is 0 Å². The molecule has 0 fully saturated rings. The van der Waals surface area contributed by atoms with Gasteiger partial charge in [0.2, 0.25) is 0 Å². The second-order valence-corrected chi connectivity index (χ2v) is 8.02. The highest BCUT2D eigenvalue weighted by Gasteiger charge is 2.17. The van der Waals surface area contributed by atoms with Gasteiger partial charge in [-0.2, -0.15) is 0 Å². The molecular weight excluding hydrogens is 424 g/mol. The number of rotatable bonds is 10. The average Bonchev–Trinajstić information content (AvgIpc) is 3.28. The van der Waals surface area contributed by atoms with Crippen LogP contribution in [-0.4, -0.2) is 42.2 Å². The summed E-state index contributed by atoms with van der Waals surface area (Å²) < 4.78 is 12.3. The summed E-state index contributed by atoms with van der Waals surface area (Å²) in [6.45, 7) is 2.18. The van der Waals surface area contributed by atoms with E-state index < -0.39 is 0 Å². The molecular formula is C24H24N4O3S. The summed E-state index contributed by atoms with van der Waals surface area (Å²) in [6.07, 6.45) is 3.49. The number of nitrogens with zero attached hydrogens (tertiary/aromatic N) is 2. The molecule has 0 unspecified atom stereocenters. The molecule has 164 valence electrons. The first-order chi connectivity index (χ1) is 15.7. The monoisotopic (exact) mass is 448 g/mol. The van der Waals surface area contributed by atoms with Crippen molar-refractivity contribution in [2.75, 3.05) is 26.4 Å². The molecule has 32 heavy (non-hydrogen) atoms. The zero-order chi connectivity index (χ0) is 22.2. The van der Waals surface area contributed by atoms with E-state index in [1.54, 1.807) is 12.4 Å². The average molecular weight is 449 g/mol. The number of hydrogen-bond acceptors (Lipinski definition) is 7. The van der Waals surface area contributed by atoms with Gasteiger partial charge in [-0.25, -0.2) is 4.98 Å². The summed E-state index contributed by atoms with van der Waals surface area (Å²) in [5.41, 5.74) is 9.13. The van der Waals surface area contributed by atoms with Crippen molar-refractivity contribution in [3.8, 4) is 16.9 Å². The van der Waals surface area contributed by atoms with Crippen molar-refractivity contribution in [3.63, 3.8) is 0 Å². The SMILES string of the molecule is NCCOCCOc1cc(-c2ccncc2)cc2sc(C(=O)NCc3ccccc3)nc12. The van der Waals surface area contributed by atoms with Gasteiger partial charge in [0.1, 0.15) is 17.9 Å². The number of amides is 1. The predicted octanol–water partition coefficient (Wildman–Crippen LogP) is 3.64. The second-order valence-electron chi connectivity index (χ2n) is 6.99.